The Labute approximate surface area is 273 Å². The summed E-state index contributed by atoms with van der Waals surface area (Å²) in [6, 6.07) is 45.9. The molecule has 0 unspecified atom stereocenters. The van der Waals surface area contributed by atoms with Crippen LogP contribution in [-0.2, 0) is 26.2 Å². The third-order valence-corrected chi connectivity index (χ3v) is 9.03. The molecule has 0 saturated carbocycles. The Morgan fingerprint density at radius 2 is 0.810 bits per heavy atom. The molecule has 5 aromatic carbocycles. The molecule has 0 bridgehead atoms. The minimum Gasteiger partial charge on any atom is -0.576 e. The largest absolute Gasteiger partial charge is 2.00 e. The summed E-state index contributed by atoms with van der Waals surface area (Å²) in [5.41, 5.74) is 5.47. The molecule has 5 aromatic rings. The number of nitrogens with zero attached hydrogens (tertiary/aromatic N) is 1. The van der Waals surface area contributed by atoms with Gasteiger partial charge in [-0.25, -0.2) is 0 Å². The van der Waals surface area contributed by atoms with Gasteiger partial charge >= 0.3 is 26.2 Å². The van der Waals surface area contributed by atoms with Crippen molar-refractivity contribution in [2.45, 2.75) is 39.5 Å². The Morgan fingerprint density at radius 1 is 0.500 bits per heavy atom. The summed E-state index contributed by atoms with van der Waals surface area (Å²) in [7, 11) is -2.90. The van der Waals surface area contributed by atoms with Gasteiger partial charge in [-0.3, -0.25) is 0 Å². The maximum absolute atomic E-state index is 12.0. The van der Waals surface area contributed by atoms with Crippen LogP contribution in [-0.4, -0.2) is 4.57 Å². The Balaban J connectivity index is 0.000000334. The summed E-state index contributed by atoms with van der Waals surface area (Å²) < 4.78 is 12.0. The molecule has 0 fully saturated rings. The molecular formula is C38H42NOPZr. The fourth-order valence-electron chi connectivity index (χ4n) is 4.26. The summed E-state index contributed by atoms with van der Waals surface area (Å²) in [6.45, 7) is 16.2. The molecule has 0 aliphatic carbocycles. The van der Waals surface area contributed by atoms with Gasteiger partial charge in [0.2, 0.25) is 7.29 Å². The van der Waals surface area contributed by atoms with Crippen LogP contribution in [0.3, 0.4) is 0 Å². The molecular weight excluding hydrogens is 609 g/mol. The smallest absolute Gasteiger partial charge is 0.576 e. The molecule has 5 rings (SSSR count). The zero-order valence-corrected chi connectivity index (χ0v) is 28.5. The van der Waals surface area contributed by atoms with Crippen LogP contribution in [0.1, 0.15) is 61.8 Å². The molecule has 0 saturated heterocycles. The van der Waals surface area contributed by atoms with Crippen molar-refractivity contribution < 1.29 is 30.8 Å². The van der Waals surface area contributed by atoms with Crippen LogP contribution < -0.4 is 10.6 Å². The van der Waals surface area contributed by atoms with Crippen LogP contribution >= 0.6 is 7.29 Å². The maximum Gasteiger partial charge on any atom is 2.00 e. The predicted molar refractivity (Wildman–Crippen MR) is 180 cm³/mol. The Morgan fingerprint density at radius 3 is 1.07 bits per heavy atom. The third-order valence-electron chi connectivity index (χ3n) is 6.51. The van der Waals surface area contributed by atoms with Crippen molar-refractivity contribution in [3.05, 3.63) is 181 Å². The Hall–Kier alpha value is -3.25. The summed E-state index contributed by atoms with van der Waals surface area (Å²) in [5, 5.41) is 6.90. The van der Waals surface area contributed by atoms with E-state index in [0.29, 0.717) is 11.8 Å². The van der Waals surface area contributed by atoms with Crippen LogP contribution in [0.15, 0.2) is 140 Å². The molecule has 2 nitrogen and oxygen atoms in total. The fraction of sp³-hybridized carbons (Fsp3) is 0.158. The quantitative estimate of drug-likeness (QED) is 0.0996. The zero-order valence-electron chi connectivity index (χ0n) is 25.2. The van der Waals surface area contributed by atoms with Crippen LogP contribution in [0.5, 0.6) is 0 Å². The molecule has 0 heterocycles. The van der Waals surface area contributed by atoms with E-state index in [9.17, 15) is 4.57 Å². The molecule has 42 heavy (non-hydrogen) atoms. The second-order valence-corrected chi connectivity index (χ2v) is 12.9. The normalized spacial score (nSPS) is 10.4. The van der Waals surface area contributed by atoms with Crippen molar-refractivity contribution in [1.29, 1.82) is 0 Å². The summed E-state index contributed by atoms with van der Waals surface area (Å²) in [6.07, 6.45) is 0. The van der Waals surface area contributed by atoms with Crippen molar-refractivity contribution in [2.75, 3.05) is 0 Å². The Bertz CT molecular complexity index is 1380. The first-order valence-corrected chi connectivity index (χ1v) is 15.7. The maximum atomic E-state index is 12.0. The van der Waals surface area contributed by atoms with Gasteiger partial charge in [-0.1, -0.05) is 106 Å². The molecule has 4 heteroatoms. The van der Waals surface area contributed by atoms with Gasteiger partial charge in [-0.05, 0) is 36.1 Å². The van der Waals surface area contributed by atoms with Crippen LogP contribution in [0.4, 0.5) is 5.69 Å². The second kappa shape index (κ2) is 17.6. The monoisotopic (exact) mass is 649 g/mol. The second-order valence-electron chi connectivity index (χ2n) is 10.4. The van der Waals surface area contributed by atoms with E-state index in [4.69, 9.17) is 5.09 Å². The third kappa shape index (κ3) is 10.2. The average Bonchev–Trinajstić information content (AvgIpc) is 2.99. The molecule has 0 aliphatic heterocycles. The molecule has 1 N–H and O–H groups in total. The van der Waals surface area contributed by atoms with Gasteiger partial charge < -0.3 is 9.65 Å². The van der Waals surface area contributed by atoms with Crippen molar-refractivity contribution >= 4 is 23.6 Å². The topological polar surface area (TPSA) is 35.5 Å². The zero-order chi connectivity index (χ0) is 29.7. The van der Waals surface area contributed by atoms with Crippen molar-refractivity contribution in [1.82, 2.24) is 0 Å². The van der Waals surface area contributed by atoms with E-state index in [1.54, 1.807) is 0 Å². The van der Waals surface area contributed by atoms with Crippen LogP contribution in [0.2, 0.25) is 0 Å². The van der Waals surface area contributed by atoms with E-state index in [2.05, 4.69) is 59.7 Å². The molecule has 214 valence electrons. The molecule has 0 atom stereocenters. The summed E-state index contributed by atoms with van der Waals surface area (Å²) >= 11 is 0. The van der Waals surface area contributed by atoms with Gasteiger partial charge in [-0.2, -0.15) is 49.2 Å². The predicted octanol–water partition coefficient (Wildman–Crippen LogP) is 10.5. The van der Waals surface area contributed by atoms with Crippen molar-refractivity contribution in [3.8, 4) is 0 Å². The first-order valence-electron chi connectivity index (χ1n) is 14.1. The number of benzene rings is 5. The summed E-state index contributed by atoms with van der Waals surface area (Å²) in [4.78, 5) is 0. The molecule has 0 amide bonds. The molecule has 0 aliphatic rings. The van der Waals surface area contributed by atoms with E-state index < -0.39 is 7.29 Å². The van der Waals surface area contributed by atoms with E-state index in [0.717, 1.165) is 27.4 Å². The standard InChI is InChI=1S/C24H27NOP.2C7H7.Zr/c1-18(2)22-16-11-17-23(19(3)4)24(22)25-27(26,20-12-7-5-8-13-20)21-14-9-6-10-15-21;2*1-7-5-3-2-4-6-7;/h5-19H,1-4H3;2*2-6H,1H2;/q3*-1;+2/p+1. The van der Waals surface area contributed by atoms with E-state index in [-0.39, 0.29) is 26.2 Å². The fourth-order valence-corrected chi connectivity index (χ4v) is 6.49. The van der Waals surface area contributed by atoms with Gasteiger partial charge in [0.15, 0.2) is 0 Å². The van der Waals surface area contributed by atoms with Crippen LogP contribution in [0, 0.1) is 13.8 Å². The van der Waals surface area contributed by atoms with E-state index in [1.165, 1.54) is 11.1 Å². The first kappa shape index (κ1) is 35.0. The number of hydrogen-bond donors (Lipinski definition) is 0. The first-order chi connectivity index (χ1) is 19.7. The van der Waals surface area contributed by atoms with Gasteiger partial charge in [0, 0.05) is 0 Å². The van der Waals surface area contributed by atoms with E-state index in [1.807, 2.05) is 121 Å². The van der Waals surface area contributed by atoms with Crippen molar-refractivity contribution in [3.63, 3.8) is 0 Å². The van der Waals surface area contributed by atoms with Gasteiger partial charge in [0.05, 0.1) is 10.6 Å². The average molecular weight is 651 g/mol. The van der Waals surface area contributed by atoms with Gasteiger partial charge in [0.1, 0.15) is 0 Å². The molecule has 0 radical (unpaired) electrons. The number of rotatable bonds is 6. The molecule has 0 spiro atoms. The minimum atomic E-state index is -2.90. The minimum absolute atomic E-state index is 0. The van der Waals surface area contributed by atoms with Gasteiger partial charge in [0.25, 0.3) is 0 Å². The van der Waals surface area contributed by atoms with Crippen molar-refractivity contribution in [2.24, 2.45) is 0 Å². The van der Waals surface area contributed by atoms with Gasteiger partial charge in [-0.15, -0.1) is 30.0 Å². The van der Waals surface area contributed by atoms with E-state index >= 15 is 0 Å². The summed E-state index contributed by atoms with van der Waals surface area (Å²) in [5.74, 6) is 0.671. The SMILES string of the molecule is CC(C)c1cccc(C(C)C)c1[N-]P(=[OH+])(c1ccccc1)c1ccccc1.[CH2-]c1ccccc1.[CH2-]c1ccccc1.[Zr+2]. The molecule has 0 aromatic heterocycles. The van der Waals surface area contributed by atoms with Crippen LogP contribution in [0.25, 0.3) is 5.09 Å². The number of hydrogen-bond acceptors (Lipinski definition) is 0. The Kier molecular flexibility index (Phi) is 14.7.